The zero-order valence-corrected chi connectivity index (χ0v) is 19.5. The molecule has 4 nitrogen and oxygen atoms in total. The van der Waals surface area contributed by atoms with Crippen molar-refractivity contribution in [1.82, 2.24) is 4.90 Å². The van der Waals surface area contributed by atoms with Crippen LogP contribution in [-0.4, -0.2) is 29.8 Å². The molecule has 3 aromatic rings. The molecule has 0 spiro atoms. The van der Waals surface area contributed by atoms with Gasteiger partial charge in [-0.25, -0.2) is 0 Å². The summed E-state index contributed by atoms with van der Waals surface area (Å²) in [6.45, 7) is 5.25. The van der Waals surface area contributed by atoms with Gasteiger partial charge in [-0.2, -0.15) is 0 Å². The second-order valence-electron chi connectivity index (χ2n) is 9.34. The highest BCUT2D eigenvalue weighted by molar-refractivity contribution is 5.83. The molecule has 1 aliphatic heterocycles. The molecule has 0 saturated carbocycles. The number of carbonyl (C=O) groups excluding carboxylic acids is 2. The fourth-order valence-corrected chi connectivity index (χ4v) is 4.98. The van der Waals surface area contributed by atoms with Crippen LogP contribution in [-0.2, 0) is 22.4 Å². The Balaban J connectivity index is 1.51. The van der Waals surface area contributed by atoms with Crippen LogP contribution in [0.2, 0.25) is 0 Å². The summed E-state index contributed by atoms with van der Waals surface area (Å²) in [5.74, 6) is -0.160. The van der Waals surface area contributed by atoms with Crippen LogP contribution >= 0.6 is 0 Å². The number of amides is 2. The van der Waals surface area contributed by atoms with E-state index < -0.39 is 5.41 Å². The summed E-state index contributed by atoms with van der Waals surface area (Å²) in [5.41, 5.74) is 12.2. The molecule has 0 radical (unpaired) electrons. The molecular formula is C29H32N2O2. The van der Waals surface area contributed by atoms with Gasteiger partial charge < -0.3 is 10.6 Å². The Morgan fingerprint density at radius 1 is 0.879 bits per heavy atom. The van der Waals surface area contributed by atoms with Crippen LogP contribution in [0.15, 0.2) is 72.8 Å². The van der Waals surface area contributed by atoms with Gasteiger partial charge in [-0.05, 0) is 60.9 Å². The van der Waals surface area contributed by atoms with Crippen molar-refractivity contribution in [3.63, 3.8) is 0 Å². The number of piperidine rings is 1. The van der Waals surface area contributed by atoms with E-state index in [2.05, 4.69) is 37.3 Å². The minimum absolute atomic E-state index is 0.110. The van der Waals surface area contributed by atoms with Crippen LogP contribution in [0.25, 0.3) is 11.1 Å². The van der Waals surface area contributed by atoms with Crippen molar-refractivity contribution in [2.24, 2.45) is 11.1 Å². The number of hydrogen-bond acceptors (Lipinski definition) is 2. The Kier molecular flexibility index (Phi) is 6.64. The molecule has 2 N–H and O–H groups in total. The molecule has 0 aromatic heterocycles. The summed E-state index contributed by atoms with van der Waals surface area (Å²) in [4.78, 5) is 27.5. The number of nitrogens with two attached hydrogens (primary N) is 1. The quantitative estimate of drug-likeness (QED) is 0.596. The van der Waals surface area contributed by atoms with Crippen molar-refractivity contribution in [3.8, 4) is 11.1 Å². The average Bonchev–Trinajstić information content (AvgIpc) is 2.80. The van der Waals surface area contributed by atoms with Crippen LogP contribution < -0.4 is 5.73 Å². The molecule has 33 heavy (non-hydrogen) atoms. The third-order valence-electron chi connectivity index (χ3n) is 7.02. The zero-order valence-electron chi connectivity index (χ0n) is 19.5. The summed E-state index contributed by atoms with van der Waals surface area (Å²) in [7, 11) is 0. The normalized spacial score (nSPS) is 15.3. The molecule has 4 rings (SSSR count). The number of benzene rings is 3. The Bertz CT molecular complexity index is 1160. The Hall–Kier alpha value is -3.40. The van der Waals surface area contributed by atoms with E-state index in [0.29, 0.717) is 38.8 Å². The molecule has 170 valence electrons. The van der Waals surface area contributed by atoms with Gasteiger partial charge in [0.2, 0.25) is 11.8 Å². The van der Waals surface area contributed by atoms with Gasteiger partial charge in [0.25, 0.3) is 0 Å². The lowest BCUT2D eigenvalue weighted by molar-refractivity contribution is -0.138. The summed E-state index contributed by atoms with van der Waals surface area (Å²) in [5, 5.41) is 0. The molecule has 0 atom stereocenters. The van der Waals surface area contributed by atoms with Gasteiger partial charge in [0.05, 0.1) is 11.8 Å². The van der Waals surface area contributed by atoms with Crippen LogP contribution in [0.3, 0.4) is 0 Å². The van der Waals surface area contributed by atoms with Crippen molar-refractivity contribution in [2.45, 2.75) is 39.5 Å². The first-order valence-corrected chi connectivity index (χ1v) is 11.7. The van der Waals surface area contributed by atoms with E-state index >= 15 is 0 Å². The van der Waals surface area contributed by atoms with Crippen molar-refractivity contribution in [1.29, 1.82) is 0 Å². The average molecular weight is 441 g/mol. The lowest BCUT2D eigenvalue weighted by atomic mass is 9.72. The van der Waals surface area contributed by atoms with Gasteiger partial charge in [-0.15, -0.1) is 0 Å². The number of primary amides is 1. The molecule has 1 fully saturated rings. The second-order valence-corrected chi connectivity index (χ2v) is 9.34. The number of carbonyl (C=O) groups is 2. The lowest BCUT2D eigenvalue weighted by Crippen LogP contribution is -2.50. The first-order valence-electron chi connectivity index (χ1n) is 11.7. The third kappa shape index (κ3) is 5.00. The Morgan fingerprint density at radius 3 is 2.21 bits per heavy atom. The van der Waals surface area contributed by atoms with Gasteiger partial charge in [0.1, 0.15) is 0 Å². The van der Waals surface area contributed by atoms with Crippen molar-refractivity contribution in [2.75, 3.05) is 13.1 Å². The molecular weight excluding hydrogens is 408 g/mol. The molecule has 0 unspecified atom stereocenters. The maximum Gasteiger partial charge on any atom is 0.226 e. The van der Waals surface area contributed by atoms with E-state index in [4.69, 9.17) is 5.73 Å². The first-order chi connectivity index (χ1) is 15.9. The molecule has 1 heterocycles. The fraction of sp³-hybridized carbons (Fsp3) is 0.310. The molecule has 0 aliphatic carbocycles. The predicted molar refractivity (Wildman–Crippen MR) is 133 cm³/mol. The summed E-state index contributed by atoms with van der Waals surface area (Å²) in [6.07, 6.45) is 2.15. The third-order valence-corrected chi connectivity index (χ3v) is 7.02. The second kappa shape index (κ2) is 9.62. The van der Waals surface area contributed by atoms with Gasteiger partial charge in [-0.1, -0.05) is 78.4 Å². The Labute approximate surface area is 196 Å². The molecule has 3 aromatic carbocycles. The van der Waals surface area contributed by atoms with E-state index in [1.807, 2.05) is 54.3 Å². The first kappa shape index (κ1) is 22.8. The molecule has 1 aliphatic rings. The van der Waals surface area contributed by atoms with E-state index in [-0.39, 0.29) is 11.8 Å². The molecule has 1 saturated heterocycles. The largest absolute Gasteiger partial charge is 0.369 e. The fourth-order valence-electron chi connectivity index (χ4n) is 4.98. The van der Waals surface area contributed by atoms with Crippen LogP contribution in [0, 0.1) is 19.3 Å². The van der Waals surface area contributed by atoms with Crippen LogP contribution in [0.4, 0.5) is 0 Å². The number of likely N-dealkylation sites (tertiary alicyclic amines) is 1. The van der Waals surface area contributed by atoms with Gasteiger partial charge in [0.15, 0.2) is 0 Å². The Morgan fingerprint density at radius 2 is 1.55 bits per heavy atom. The van der Waals surface area contributed by atoms with Crippen molar-refractivity contribution >= 4 is 11.8 Å². The summed E-state index contributed by atoms with van der Waals surface area (Å²) >= 11 is 0. The van der Waals surface area contributed by atoms with Crippen molar-refractivity contribution in [3.05, 3.63) is 95.1 Å². The molecule has 0 bridgehead atoms. The summed E-state index contributed by atoms with van der Waals surface area (Å²) < 4.78 is 0. The number of hydrogen-bond donors (Lipinski definition) is 1. The molecule has 4 heteroatoms. The molecule has 2 amide bonds. The van der Waals surface area contributed by atoms with Crippen LogP contribution in [0.5, 0.6) is 0 Å². The highest BCUT2D eigenvalue weighted by Crippen LogP contribution is 2.38. The highest BCUT2D eigenvalue weighted by Gasteiger charge is 2.41. The maximum absolute atomic E-state index is 12.9. The maximum atomic E-state index is 12.9. The van der Waals surface area contributed by atoms with Gasteiger partial charge >= 0.3 is 0 Å². The lowest BCUT2D eigenvalue weighted by Gasteiger charge is -2.40. The SMILES string of the molecule is Cc1cccc(CC(=O)N2CCC(Cc3ccccc3-c3ccccc3C)(C(N)=O)CC2)c1. The van der Waals surface area contributed by atoms with Gasteiger partial charge in [0, 0.05) is 13.1 Å². The van der Waals surface area contributed by atoms with E-state index in [1.54, 1.807) is 0 Å². The standard InChI is InChI=1S/C29H32N2O2/c1-21-8-7-10-23(18-21)19-27(32)31-16-14-29(15-17-31,28(30)33)20-24-11-4-6-13-26(24)25-12-5-3-9-22(25)2/h3-13,18H,14-17,19-20H2,1-2H3,(H2,30,33). The minimum atomic E-state index is -0.640. The number of aryl methyl sites for hydroxylation is 2. The number of nitrogens with zero attached hydrogens (tertiary/aromatic N) is 1. The van der Waals surface area contributed by atoms with E-state index in [0.717, 1.165) is 22.3 Å². The topological polar surface area (TPSA) is 63.4 Å². The van der Waals surface area contributed by atoms with E-state index in [1.165, 1.54) is 11.1 Å². The smallest absolute Gasteiger partial charge is 0.226 e. The minimum Gasteiger partial charge on any atom is -0.369 e. The van der Waals surface area contributed by atoms with Crippen molar-refractivity contribution < 1.29 is 9.59 Å². The van der Waals surface area contributed by atoms with Gasteiger partial charge in [-0.3, -0.25) is 9.59 Å². The zero-order chi connectivity index (χ0) is 23.4. The highest BCUT2D eigenvalue weighted by atomic mass is 16.2. The monoisotopic (exact) mass is 440 g/mol. The summed E-state index contributed by atoms with van der Waals surface area (Å²) in [6, 6.07) is 24.6. The van der Waals surface area contributed by atoms with E-state index in [9.17, 15) is 9.59 Å². The predicted octanol–water partition coefficient (Wildman–Crippen LogP) is 4.85. The number of rotatable bonds is 6. The van der Waals surface area contributed by atoms with Crippen LogP contribution in [0.1, 0.15) is 35.1 Å².